The number of aromatic nitrogens is 2. The predicted octanol–water partition coefficient (Wildman–Crippen LogP) is 2.03. The summed E-state index contributed by atoms with van der Waals surface area (Å²) in [5.41, 5.74) is 1.05. The molecular formula is C9H8F2N2O. The summed E-state index contributed by atoms with van der Waals surface area (Å²) >= 11 is 0. The topological polar surface area (TPSA) is 27.1 Å². The Morgan fingerprint density at radius 3 is 2.71 bits per heavy atom. The van der Waals surface area contributed by atoms with Crippen molar-refractivity contribution < 1.29 is 13.6 Å². The van der Waals surface area contributed by atoms with Gasteiger partial charge < -0.3 is 4.84 Å². The number of para-hydroxylation sites is 2. The summed E-state index contributed by atoms with van der Waals surface area (Å²) in [6.45, 7) is 0. The van der Waals surface area contributed by atoms with Gasteiger partial charge >= 0.3 is 0 Å². The third-order valence-corrected chi connectivity index (χ3v) is 1.92. The molecule has 0 aliphatic carbocycles. The fourth-order valence-electron chi connectivity index (χ4n) is 1.35. The summed E-state index contributed by atoms with van der Waals surface area (Å²) in [6, 6.07) is 6.83. The van der Waals surface area contributed by atoms with Crippen LogP contribution in [0.3, 0.4) is 0 Å². The number of hydrogen-bond acceptors (Lipinski definition) is 2. The lowest BCUT2D eigenvalue weighted by molar-refractivity contribution is 0.0908. The maximum absolute atomic E-state index is 12.5. The zero-order valence-corrected chi connectivity index (χ0v) is 7.45. The second kappa shape index (κ2) is 3.25. The van der Waals surface area contributed by atoms with Gasteiger partial charge in [0, 0.05) is 0 Å². The number of nitrogens with zero attached hydrogens (tertiary/aromatic N) is 2. The van der Waals surface area contributed by atoms with E-state index in [4.69, 9.17) is 4.84 Å². The lowest BCUT2D eigenvalue weighted by Crippen LogP contribution is -2.10. The molecule has 14 heavy (non-hydrogen) atoms. The molecule has 3 nitrogen and oxygen atoms in total. The molecule has 0 aliphatic heterocycles. The van der Waals surface area contributed by atoms with Crippen LogP contribution in [0.15, 0.2) is 24.3 Å². The summed E-state index contributed by atoms with van der Waals surface area (Å²) in [5.74, 6) is -0.367. The van der Waals surface area contributed by atoms with E-state index in [0.717, 1.165) is 4.73 Å². The highest BCUT2D eigenvalue weighted by atomic mass is 19.3. The molecule has 0 radical (unpaired) electrons. The second-order valence-corrected chi connectivity index (χ2v) is 2.74. The summed E-state index contributed by atoms with van der Waals surface area (Å²) in [5, 5.41) is 0. The minimum Gasteiger partial charge on any atom is -0.415 e. The molecule has 2 aromatic rings. The Labute approximate surface area is 78.9 Å². The molecule has 0 atom stereocenters. The number of rotatable bonds is 2. The first-order valence-electron chi connectivity index (χ1n) is 4.04. The van der Waals surface area contributed by atoms with Crippen molar-refractivity contribution in [2.24, 2.45) is 0 Å². The maximum atomic E-state index is 12.5. The van der Waals surface area contributed by atoms with Gasteiger partial charge in [-0.3, -0.25) is 0 Å². The maximum Gasteiger partial charge on any atom is 0.298 e. The van der Waals surface area contributed by atoms with Crippen LogP contribution in [0.4, 0.5) is 8.78 Å². The van der Waals surface area contributed by atoms with Crippen LogP contribution in [-0.4, -0.2) is 16.8 Å². The van der Waals surface area contributed by atoms with Gasteiger partial charge in [-0.15, -0.1) is 0 Å². The molecule has 5 heteroatoms. The van der Waals surface area contributed by atoms with Gasteiger partial charge in [-0.25, -0.2) is 13.8 Å². The average Bonchev–Trinajstić information content (AvgIpc) is 2.56. The number of benzene rings is 1. The van der Waals surface area contributed by atoms with Gasteiger partial charge in [-0.1, -0.05) is 12.1 Å². The van der Waals surface area contributed by atoms with Gasteiger partial charge in [0.05, 0.1) is 5.52 Å². The smallest absolute Gasteiger partial charge is 0.298 e. The van der Waals surface area contributed by atoms with Crippen molar-refractivity contribution in [2.45, 2.75) is 6.43 Å². The Kier molecular flexibility index (Phi) is 2.07. The van der Waals surface area contributed by atoms with E-state index in [9.17, 15) is 8.78 Å². The van der Waals surface area contributed by atoms with Crippen molar-refractivity contribution in [2.75, 3.05) is 7.11 Å². The summed E-state index contributed by atoms with van der Waals surface area (Å²) < 4.78 is 26.0. The minimum atomic E-state index is -2.64. The molecule has 0 spiro atoms. The van der Waals surface area contributed by atoms with Crippen LogP contribution in [0.5, 0.6) is 0 Å². The van der Waals surface area contributed by atoms with E-state index in [-0.39, 0.29) is 5.82 Å². The van der Waals surface area contributed by atoms with Gasteiger partial charge in [0.2, 0.25) is 5.82 Å². The molecule has 0 amide bonds. The molecule has 2 rings (SSSR count). The molecule has 0 bridgehead atoms. The molecule has 0 saturated carbocycles. The van der Waals surface area contributed by atoms with E-state index >= 15 is 0 Å². The van der Waals surface area contributed by atoms with Gasteiger partial charge in [0.1, 0.15) is 12.6 Å². The Balaban J connectivity index is 2.72. The van der Waals surface area contributed by atoms with Crippen LogP contribution < -0.4 is 4.84 Å². The van der Waals surface area contributed by atoms with Crippen LogP contribution in [0, 0.1) is 0 Å². The van der Waals surface area contributed by atoms with Crippen molar-refractivity contribution in [3.63, 3.8) is 0 Å². The van der Waals surface area contributed by atoms with Gasteiger partial charge in [0.25, 0.3) is 6.43 Å². The van der Waals surface area contributed by atoms with Crippen LogP contribution in [0.25, 0.3) is 11.0 Å². The van der Waals surface area contributed by atoms with Crippen molar-refractivity contribution in [3.8, 4) is 0 Å². The predicted molar refractivity (Wildman–Crippen MR) is 47.2 cm³/mol. The molecule has 74 valence electrons. The number of imidazole rings is 1. The van der Waals surface area contributed by atoms with Crippen molar-refractivity contribution in [1.29, 1.82) is 0 Å². The van der Waals surface area contributed by atoms with E-state index < -0.39 is 6.43 Å². The second-order valence-electron chi connectivity index (χ2n) is 2.74. The fourth-order valence-corrected chi connectivity index (χ4v) is 1.35. The lowest BCUT2D eigenvalue weighted by Gasteiger charge is -2.04. The SMILES string of the molecule is COn1c(C(F)F)nc2ccccc21. The Hall–Kier alpha value is -1.65. The monoisotopic (exact) mass is 198 g/mol. The van der Waals surface area contributed by atoms with E-state index in [2.05, 4.69) is 4.98 Å². The normalized spacial score (nSPS) is 11.1. The molecule has 1 aromatic carbocycles. The number of fused-ring (bicyclic) bond motifs is 1. The highest BCUT2D eigenvalue weighted by Gasteiger charge is 2.18. The van der Waals surface area contributed by atoms with Crippen molar-refractivity contribution in [1.82, 2.24) is 9.71 Å². The minimum absolute atomic E-state index is 0.367. The zero-order chi connectivity index (χ0) is 10.1. The fraction of sp³-hybridized carbons (Fsp3) is 0.222. The third-order valence-electron chi connectivity index (χ3n) is 1.92. The lowest BCUT2D eigenvalue weighted by atomic mass is 10.3. The van der Waals surface area contributed by atoms with Crippen LogP contribution in [0.2, 0.25) is 0 Å². The third kappa shape index (κ3) is 1.21. The molecule has 0 N–H and O–H groups in total. The van der Waals surface area contributed by atoms with E-state index in [1.807, 2.05) is 0 Å². The molecule has 1 aromatic heterocycles. The average molecular weight is 198 g/mol. The number of alkyl halides is 2. The van der Waals surface area contributed by atoms with E-state index in [0.29, 0.717) is 11.0 Å². The highest BCUT2D eigenvalue weighted by Crippen LogP contribution is 2.22. The molecule has 0 fully saturated rings. The first-order chi connectivity index (χ1) is 6.74. The van der Waals surface area contributed by atoms with Crippen molar-refractivity contribution in [3.05, 3.63) is 30.1 Å². The van der Waals surface area contributed by atoms with Gasteiger partial charge in [0.15, 0.2) is 0 Å². The van der Waals surface area contributed by atoms with E-state index in [1.165, 1.54) is 7.11 Å². The van der Waals surface area contributed by atoms with Gasteiger partial charge in [-0.2, -0.15) is 4.73 Å². The Morgan fingerprint density at radius 2 is 2.07 bits per heavy atom. The Morgan fingerprint density at radius 1 is 1.36 bits per heavy atom. The standard InChI is InChI=1S/C9H8F2N2O/c1-14-13-7-5-3-2-4-6(7)12-9(13)8(10)11/h2-5,8H,1H3. The zero-order valence-electron chi connectivity index (χ0n) is 7.45. The first-order valence-corrected chi connectivity index (χ1v) is 4.04. The van der Waals surface area contributed by atoms with Crippen LogP contribution >= 0.6 is 0 Å². The molecule has 0 aliphatic rings. The highest BCUT2D eigenvalue weighted by molar-refractivity contribution is 5.75. The van der Waals surface area contributed by atoms with E-state index in [1.54, 1.807) is 24.3 Å². The summed E-state index contributed by atoms with van der Waals surface area (Å²) in [7, 11) is 1.33. The summed E-state index contributed by atoms with van der Waals surface area (Å²) in [4.78, 5) is 8.61. The molecular weight excluding hydrogens is 190 g/mol. The summed E-state index contributed by atoms with van der Waals surface area (Å²) in [6.07, 6.45) is -2.64. The van der Waals surface area contributed by atoms with Crippen LogP contribution in [0.1, 0.15) is 12.2 Å². The number of halogens is 2. The van der Waals surface area contributed by atoms with Crippen molar-refractivity contribution >= 4 is 11.0 Å². The largest absolute Gasteiger partial charge is 0.415 e. The van der Waals surface area contributed by atoms with Gasteiger partial charge in [-0.05, 0) is 12.1 Å². The molecule has 0 saturated heterocycles. The van der Waals surface area contributed by atoms with Crippen LogP contribution in [-0.2, 0) is 0 Å². The number of hydrogen-bond donors (Lipinski definition) is 0. The first kappa shape index (κ1) is 8.93. The molecule has 0 unspecified atom stereocenters. The quantitative estimate of drug-likeness (QED) is 0.738. The Bertz CT molecular complexity index is 453. The molecule has 1 heterocycles.